The van der Waals surface area contributed by atoms with E-state index in [4.69, 9.17) is 0 Å². The van der Waals surface area contributed by atoms with Crippen molar-refractivity contribution in [2.45, 2.75) is 33.1 Å². The van der Waals surface area contributed by atoms with Crippen LogP contribution in [0.2, 0.25) is 0 Å². The lowest BCUT2D eigenvalue weighted by atomic mass is 10.0. The van der Waals surface area contributed by atoms with Crippen LogP contribution in [0.1, 0.15) is 37.0 Å². The quantitative estimate of drug-likeness (QED) is 0.741. The second-order valence-electron chi connectivity index (χ2n) is 4.43. The molecule has 0 atom stereocenters. The molecule has 0 radical (unpaired) electrons. The predicted octanol–water partition coefficient (Wildman–Crippen LogP) is 4.20. The Morgan fingerprint density at radius 3 is 2.56 bits per heavy atom. The second kappa shape index (κ2) is 5.89. The van der Waals surface area contributed by atoms with Gasteiger partial charge in [-0.25, -0.2) is 0 Å². The molecule has 1 aromatic rings. The largest absolute Gasteiger partial charge is 0.573 e. The Bertz CT molecular complexity index is 411. The molecule has 0 aliphatic carbocycles. The number of carbonyl (C=O) groups is 1. The van der Waals surface area contributed by atoms with Crippen LogP contribution >= 0.6 is 0 Å². The van der Waals surface area contributed by atoms with E-state index in [1.54, 1.807) is 0 Å². The monoisotopic (exact) mass is 260 g/mol. The van der Waals surface area contributed by atoms with Gasteiger partial charge in [-0.05, 0) is 24.5 Å². The van der Waals surface area contributed by atoms with Crippen LogP contribution in [0.3, 0.4) is 0 Å². The fourth-order valence-corrected chi connectivity index (χ4v) is 1.43. The van der Waals surface area contributed by atoms with Crippen LogP contribution in [-0.4, -0.2) is 12.1 Å². The van der Waals surface area contributed by atoms with E-state index in [-0.39, 0.29) is 17.1 Å². The molecule has 0 aliphatic heterocycles. The Kier molecular flexibility index (Phi) is 4.76. The number of hydrogen-bond acceptors (Lipinski definition) is 2. The molecule has 0 unspecified atom stereocenters. The fraction of sp³-hybridized carbons (Fsp3) is 0.462. The molecular weight excluding hydrogens is 245 g/mol. The van der Waals surface area contributed by atoms with Crippen LogP contribution in [0, 0.1) is 5.92 Å². The van der Waals surface area contributed by atoms with Gasteiger partial charge in [-0.1, -0.05) is 26.0 Å². The lowest BCUT2D eigenvalue weighted by Crippen LogP contribution is -2.17. The molecule has 5 heteroatoms. The molecule has 2 nitrogen and oxygen atoms in total. The van der Waals surface area contributed by atoms with Crippen LogP contribution in [0.25, 0.3) is 0 Å². The third-order valence-corrected chi connectivity index (χ3v) is 2.34. The first kappa shape index (κ1) is 14.5. The molecule has 0 saturated carbocycles. The van der Waals surface area contributed by atoms with Crippen molar-refractivity contribution < 1.29 is 22.7 Å². The summed E-state index contributed by atoms with van der Waals surface area (Å²) in [4.78, 5) is 11.7. The molecule has 1 aromatic carbocycles. The molecule has 0 aromatic heterocycles. The topological polar surface area (TPSA) is 26.3 Å². The number of alkyl halides is 3. The first-order chi connectivity index (χ1) is 8.28. The zero-order valence-electron chi connectivity index (χ0n) is 10.3. The minimum atomic E-state index is -4.74. The molecule has 18 heavy (non-hydrogen) atoms. The highest BCUT2D eigenvalue weighted by Gasteiger charge is 2.31. The minimum absolute atomic E-state index is 0.170. The van der Waals surface area contributed by atoms with Crippen LogP contribution < -0.4 is 4.74 Å². The third kappa shape index (κ3) is 5.21. The zero-order valence-corrected chi connectivity index (χ0v) is 10.3. The average molecular weight is 260 g/mol. The van der Waals surface area contributed by atoms with Crippen LogP contribution in [-0.2, 0) is 0 Å². The van der Waals surface area contributed by atoms with Gasteiger partial charge in [-0.15, -0.1) is 13.2 Å². The highest BCUT2D eigenvalue weighted by atomic mass is 19.4. The highest BCUT2D eigenvalue weighted by molar-refractivity contribution is 5.96. The number of ether oxygens (including phenoxy) is 1. The van der Waals surface area contributed by atoms with Gasteiger partial charge in [0.15, 0.2) is 5.78 Å². The van der Waals surface area contributed by atoms with Crippen molar-refractivity contribution in [2.75, 3.05) is 0 Å². The van der Waals surface area contributed by atoms with Gasteiger partial charge >= 0.3 is 6.36 Å². The second-order valence-corrected chi connectivity index (χ2v) is 4.43. The summed E-state index contributed by atoms with van der Waals surface area (Å²) in [5.41, 5.74) is 0.248. The van der Waals surface area contributed by atoms with Crippen molar-refractivity contribution in [3.05, 3.63) is 29.8 Å². The van der Waals surface area contributed by atoms with Crippen LogP contribution in [0.5, 0.6) is 5.75 Å². The minimum Gasteiger partial charge on any atom is -0.406 e. The molecule has 0 spiro atoms. The maximum Gasteiger partial charge on any atom is 0.573 e. The third-order valence-electron chi connectivity index (χ3n) is 2.34. The van der Waals surface area contributed by atoms with Gasteiger partial charge < -0.3 is 4.74 Å². The van der Waals surface area contributed by atoms with Crippen molar-refractivity contribution in [2.24, 2.45) is 5.92 Å². The lowest BCUT2D eigenvalue weighted by Gasteiger charge is -2.10. The van der Waals surface area contributed by atoms with E-state index in [0.29, 0.717) is 18.8 Å². The summed E-state index contributed by atoms with van der Waals surface area (Å²) in [7, 11) is 0. The molecule has 0 heterocycles. The van der Waals surface area contributed by atoms with E-state index >= 15 is 0 Å². The van der Waals surface area contributed by atoms with E-state index < -0.39 is 6.36 Å². The van der Waals surface area contributed by atoms with E-state index in [0.717, 1.165) is 6.07 Å². The average Bonchev–Trinajstić information content (AvgIpc) is 2.23. The Labute approximate surface area is 104 Å². The van der Waals surface area contributed by atoms with Crippen LogP contribution in [0.15, 0.2) is 24.3 Å². The Hall–Kier alpha value is -1.52. The Morgan fingerprint density at radius 1 is 1.33 bits per heavy atom. The number of ketones is 1. The standard InChI is InChI=1S/C13H15F3O2/c1-9(2)6-7-12(17)10-4-3-5-11(8-10)18-13(14,15)16/h3-5,8-9H,6-7H2,1-2H3. The van der Waals surface area contributed by atoms with Gasteiger partial charge in [-0.2, -0.15) is 0 Å². The summed E-state index contributed by atoms with van der Waals surface area (Å²) in [6.07, 6.45) is -3.70. The smallest absolute Gasteiger partial charge is 0.406 e. The summed E-state index contributed by atoms with van der Waals surface area (Å²) < 4.78 is 39.8. The Morgan fingerprint density at radius 2 is 2.00 bits per heavy atom. The van der Waals surface area contributed by atoms with Gasteiger partial charge in [0.1, 0.15) is 5.75 Å². The first-order valence-corrected chi connectivity index (χ1v) is 5.67. The maximum absolute atomic E-state index is 12.0. The maximum atomic E-state index is 12.0. The van der Waals surface area contributed by atoms with Gasteiger partial charge in [0.25, 0.3) is 0 Å². The zero-order chi connectivity index (χ0) is 13.8. The van der Waals surface area contributed by atoms with E-state index in [1.165, 1.54) is 18.2 Å². The first-order valence-electron chi connectivity index (χ1n) is 5.67. The van der Waals surface area contributed by atoms with Crippen molar-refractivity contribution >= 4 is 5.78 Å². The summed E-state index contributed by atoms with van der Waals surface area (Å²) >= 11 is 0. The Balaban J connectivity index is 2.72. The molecule has 0 fully saturated rings. The molecular formula is C13H15F3O2. The summed E-state index contributed by atoms with van der Waals surface area (Å²) in [6.45, 7) is 3.97. The van der Waals surface area contributed by atoms with Gasteiger partial charge in [0, 0.05) is 12.0 Å². The highest BCUT2D eigenvalue weighted by Crippen LogP contribution is 2.24. The number of hydrogen-bond donors (Lipinski definition) is 0. The summed E-state index contributed by atoms with van der Waals surface area (Å²) in [5.74, 6) is -0.155. The lowest BCUT2D eigenvalue weighted by molar-refractivity contribution is -0.274. The molecule has 0 aliphatic rings. The number of benzene rings is 1. The molecule has 100 valence electrons. The van der Waals surface area contributed by atoms with Crippen molar-refractivity contribution in [3.8, 4) is 5.75 Å². The molecule has 1 rings (SSSR count). The van der Waals surface area contributed by atoms with E-state index in [9.17, 15) is 18.0 Å². The number of rotatable bonds is 5. The molecule has 0 saturated heterocycles. The molecule has 0 amide bonds. The normalized spacial score (nSPS) is 11.7. The van der Waals surface area contributed by atoms with Crippen molar-refractivity contribution in [1.29, 1.82) is 0 Å². The number of Topliss-reactive ketones (excluding diaryl/α,β-unsaturated/α-hetero) is 1. The van der Waals surface area contributed by atoms with Gasteiger partial charge in [-0.3, -0.25) is 4.79 Å². The van der Waals surface area contributed by atoms with Crippen molar-refractivity contribution in [3.63, 3.8) is 0 Å². The number of carbonyl (C=O) groups excluding carboxylic acids is 1. The molecule has 0 N–H and O–H groups in total. The van der Waals surface area contributed by atoms with Gasteiger partial charge in [0.2, 0.25) is 0 Å². The van der Waals surface area contributed by atoms with E-state index in [1.807, 2.05) is 13.8 Å². The fourth-order valence-electron chi connectivity index (χ4n) is 1.43. The van der Waals surface area contributed by atoms with Gasteiger partial charge in [0.05, 0.1) is 0 Å². The summed E-state index contributed by atoms with van der Waals surface area (Å²) in [5, 5.41) is 0. The van der Waals surface area contributed by atoms with E-state index in [2.05, 4.69) is 4.74 Å². The molecule has 0 bridgehead atoms. The SMILES string of the molecule is CC(C)CCC(=O)c1cccc(OC(F)(F)F)c1. The summed E-state index contributed by atoms with van der Waals surface area (Å²) in [6, 6.07) is 5.17. The number of halogens is 3. The van der Waals surface area contributed by atoms with Crippen molar-refractivity contribution in [1.82, 2.24) is 0 Å². The van der Waals surface area contributed by atoms with Crippen LogP contribution in [0.4, 0.5) is 13.2 Å². The predicted molar refractivity (Wildman–Crippen MR) is 61.5 cm³/mol.